The van der Waals surface area contributed by atoms with Crippen LogP contribution in [0.15, 0.2) is 66.7 Å². The van der Waals surface area contributed by atoms with Gasteiger partial charge in [-0.05, 0) is 60.7 Å². The molecule has 0 heterocycles. The largest absolute Gasteiger partial charge is 0.352 e. The molecule has 0 radical (unpaired) electrons. The minimum Gasteiger partial charge on any atom is -0.352 e. The Balaban J connectivity index is 1.75. The summed E-state index contributed by atoms with van der Waals surface area (Å²) in [5, 5.41) is 4.32. The van der Waals surface area contributed by atoms with E-state index in [9.17, 15) is 18.0 Å². The summed E-state index contributed by atoms with van der Waals surface area (Å²) in [5.41, 5.74) is 2.46. The topological polar surface area (TPSA) is 86.8 Å². The normalized spacial score (nSPS) is 14.6. The zero-order chi connectivity index (χ0) is 31.1. The second kappa shape index (κ2) is 14.8. The summed E-state index contributed by atoms with van der Waals surface area (Å²) < 4.78 is 27.0. The zero-order valence-corrected chi connectivity index (χ0v) is 27.3. The molecular formula is C32H36Cl3N3O4S. The van der Waals surface area contributed by atoms with E-state index in [1.54, 1.807) is 37.3 Å². The van der Waals surface area contributed by atoms with Gasteiger partial charge in [0.2, 0.25) is 21.8 Å². The molecule has 0 aromatic heterocycles. The van der Waals surface area contributed by atoms with E-state index in [-0.39, 0.29) is 30.6 Å². The first-order valence-corrected chi connectivity index (χ1v) is 17.2. The molecule has 0 saturated heterocycles. The molecule has 0 aliphatic heterocycles. The molecule has 230 valence electrons. The van der Waals surface area contributed by atoms with Crippen molar-refractivity contribution in [2.24, 2.45) is 0 Å². The third-order valence-corrected chi connectivity index (χ3v) is 9.84. The van der Waals surface area contributed by atoms with Gasteiger partial charge < -0.3 is 10.2 Å². The van der Waals surface area contributed by atoms with Crippen LogP contribution in [-0.4, -0.2) is 50.0 Å². The molecule has 7 nitrogen and oxygen atoms in total. The van der Waals surface area contributed by atoms with Crippen LogP contribution in [0, 0.1) is 6.92 Å². The number of sulfonamides is 1. The lowest BCUT2D eigenvalue weighted by atomic mass is 9.94. The van der Waals surface area contributed by atoms with E-state index in [2.05, 4.69) is 5.32 Å². The molecule has 4 rings (SSSR count). The number of aryl methyl sites for hydroxylation is 1. The number of amides is 2. The van der Waals surface area contributed by atoms with Crippen molar-refractivity contribution in [1.29, 1.82) is 0 Å². The highest BCUT2D eigenvalue weighted by molar-refractivity contribution is 7.92. The molecule has 2 amide bonds. The lowest BCUT2D eigenvalue weighted by Crippen LogP contribution is -2.55. The second-order valence-corrected chi connectivity index (χ2v) is 14.2. The maximum atomic E-state index is 14.3. The molecule has 1 aliphatic rings. The lowest BCUT2D eigenvalue weighted by molar-refractivity contribution is -0.140. The van der Waals surface area contributed by atoms with Gasteiger partial charge in [-0.1, -0.05) is 96.5 Å². The number of hydrogen-bond acceptors (Lipinski definition) is 4. The number of halogens is 3. The van der Waals surface area contributed by atoms with Gasteiger partial charge >= 0.3 is 0 Å². The van der Waals surface area contributed by atoms with E-state index in [4.69, 9.17) is 34.8 Å². The number of anilines is 1. The third kappa shape index (κ3) is 9.11. The van der Waals surface area contributed by atoms with Crippen molar-refractivity contribution in [3.05, 3.63) is 98.5 Å². The number of rotatable bonds is 11. The van der Waals surface area contributed by atoms with Gasteiger partial charge in [-0.2, -0.15) is 0 Å². The van der Waals surface area contributed by atoms with Crippen LogP contribution in [0.4, 0.5) is 5.69 Å². The smallest absolute Gasteiger partial charge is 0.244 e. The quantitative estimate of drug-likeness (QED) is 0.244. The van der Waals surface area contributed by atoms with E-state index in [0.717, 1.165) is 53.8 Å². The Hall–Kier alpha value is -2.78. The Labute approximate surface area is 269 Å². The molecular weight excluding hydrogens is 629 g/mol. The predicted molar refractivity (Wildman–Crippen MR) is 174 cm³/mol. The maximum Gasteiger partial charge on any atom is 0.244 e. The molecule has 0 spiro atoms. The summed E-state index contributed by atoms with van der Waals surface area (Å²) in [6.07, 6.45) is 6.19. The SMILES string of the molecule is Cc1ccc(N(CC(=O)N(Cc2ccc(Cl)cc2Cl)C(Cc2ccccc2)C(=O)NC2CCCCC2)S(C)(=O)=O)cc1Cl. The molecule has 43 heavy (non-hydrogen) atoms. The number of hydrogen-bond donors (Lipinski definition) is 1. The number of nitrogens with one attached hydrogen (secondary N) is 1. The summed E-state index contributed by atoms with van der Waals surface area (Å²) >= 11 is 19.0. The highest BCUT2D eigenvalue weighted by Gasteiger charge is 2.34. The van der Waals surface area contributed by atoms with Crippen LogP contribution in [0.3, 0.4) is 0 Å². The first-order valence-electron chi connectivity index (χ1n) is 14.2. The Morgan fingerprint density at radius 2 is 1.63 bits per heavy atom. The van der Waals surface area contributed by atoms with Gasteiger partial charge in [-0.15, -0.1) is 0 Å². The predicted octanol–water partition coefficient (Wildman–Crippen LogP) is 6.81. The zero-order valence-electron chi connectivity index (χ0n) is 24.2. The van der Waals surface area contributed by atoms with E-state index >= 15 is 0 Å². The van der Waals surface area contributed by atoms with Gasteiger partial charge in [-0.3, -0.25) is 13.9 Å². The van der Waals surface area contributed by atoms with Crippen LogP contribution in [0.5, 0.6) is 0 Å². The standard InChI is InChI=1S/C32H36Cl3N3O4S/c1-22-13-16-27(19-28(22)34)38(43(2,41)42)21-31(39)37(20-24-14-15-25(33)18-29(24)35)30(17-23-9-5-3-6-10-23)32(40)36-26-11-7-4-8-12-26/h3,5-6,9-10,13-16,18-19,26,30H,4,7-8,11-12,17,20-21H2,1-2H3,(H,36,40). The van der Waals surface area contributed by atoms with Crippen LogP contribution in [-0.2, 0) is 32.6 Å². The van der Waals surface area contributed by atoms with Crippen LogP contribution in [0.1, 0.15) is 48.8 Å². The molecule has 1 N–H and O–H groups in total. The molecule has 3 aromatic carbocycles. The molecule has 1 atom stereocenters. The van der Waals surface area contributed by atoms with Crippen LogP contribution in [0.25, 0.3) is 0 Å². The van der Waals surface area contributed by atoms with E-state index in [0.29, 0.717) is 20.6 Å². The number of carbonyl (C=O) groups excluding carboxylic acids is 2. The van der Waals surface area contributed by atoms with Crippen molar-refractivity contribution in [2.75, 3.05) is 17.1 Å². The van der Waals surface area contributed by atoms with Crippen molar-refractivity contribution in [1.82, 2.24) is 10.2 Å². The fourth-order valence-corrected chi connectivity index (χ4v) is 6.77. The molecule has 1 aliphatic carbocycles. The third-order valence-electron chi connectivity index (χ3n) is 7.70. The van der Waals surface area contributed by atoms with Crippen molar-refractivity contribution in [2.45, 2.75) is 64.1 Å². The summed E-state index contributed by atoms with van der Waals surface area (Å²) in [5.74, 6) is -0.855. The number of carbonyl (C=O) groups is 2. The Morgan fingerprint density at radius 1 is 0.930 bits per heavy atom. The monoisotopic (exact) mass is 663 g/mol. The summed E-state index contributed by atoms with van der Waals surface area (Å²) in [6.45, 7) is 1.24. The highest BCUT2D eigenvalue weighted by Crippen LogP contribution is 2.28. The average Bonchev–Trinajstić information content (AvgIpc) is 2.96. The van der Waals surface area contributed by atoms with Crippen LogP contribution < -0.4 is 9.62 Å². The fraction of sp³-hybridized carbons (Fsp3) is 0.375. The first-order chi connectivity index (χ1) is 20.4. The fourth-order valence-electron chi connectivity index (χ4n) is 5.28. The maximum absolute atomic E-state index is 14.3. The Kier molecular flexibility index (Phi) is 11.4. The van der Waals surface area contributed by atoms with Crippen molar-refractivity contribution in [3.8, 4) is 0 Å². The molecule has 0 bridgehead atoms. The van der Waals surface area contributed by atoms with Gasteiger partial charge in [0.15, 0.2) is 0 Å². The molecule has 1 unspecified atom stereocenters. The van der Waals surface area contributed by atoms with Gasteiger partial charge in [0.05, 0.1) is 11.9 Å². The van der Waals surface area contributed by atoms with Crippen LogP contribution in [0.2, 0.25) is 15.1 Å². The second-order valence-electron chi connectivity index (χ2n) is 11.0. The number of nitrogens with zero attached hydrogens (tertiary/aromatic N) is 2. The van der Waals surface area contributed by atoms with Gasteiger partial charge in [0.25, 0.3) is 0 Å². The minimum atomic E-state index is -3.91. The van der Waals surface area contributed by atoms with Crippen molar-refractivity contribution < 1.29 is 18.0 Å². The van der Waals surface area contributed by atoms with E-state index < -0.39 is 28.5 Å². The summed E-state index contributed by atoms with van der Waals surface area (Å²) in [6, 6.07) is 18.3. The molecule has 1 saturated carbocycles. The lowest BCUT2D eigenvalue weighted by Gasteiger charge is -2.35. The van der Waals surface area contributed by atoms with Gasteiger partial charge in [-0.25, -0.2) is 8.42 Å². The van der Waals surface area contributed by atoms with Crippen LogP contribution >= 0.6 is 34.8 Å². The Morgan fingerprint density at radius 3 is 2.26 bits per heavy atom. The Bertz CT molecular complexity index is 1550. The molecule has 3 aromatic rings. The minimum absolute atomic E-state index is 0.0119. The first kappa shape index (κ1) is 33.1. The van der Waals surface area contributed by atoms with Gasteiger partial charge in [0.1, 0.15) is 12.6 Å². The summed E-state index contributed by atoms with van der Waals surface area (Å²) in [7, 11) is -3.91. The summed E-state index contributed by atoms with van der Waals surface area (Å²) in [4.78, 5) is 29.7. The van der Waals surface area contributed by atoms with Gasteiger partial charge in [0, 0.05) is 34.1 Å². The number of benzene rings is 3. The average molecular weight is 665 g/mol. The van der Waals surface area contributed by atoms with E-state index in [1.165, 1.54) is 11.0 Å². The molecule has 11 heteroatoms. The van der Waals surface area contributed by atoms with Crippen molar-refractivity contribution in [3.63, 3.8) is 0 Å². The molecule has 1 fully saturated rings. The van der Waals surface area contributed by atoms with E-state index in [1.807, 2.05) is 30.3 Å². The van der Waals surface area contributed by atoms with Crippen molar-refractivity contribution >= 4 is 62.3 Å². The highest BCUT2D eigenvalue weighted by atomic mass is 35.5.